The summed E-state index contributed by atoms with van der Waals surface area (Å²) in [4.78, 5) is 0. The molecule has 0 atom stereocenters. The molecule has 12 heteroatoms. The van der Waals surface area contributed by atoms with Crippen molar-refractivity contribution in [3.05, 3.63) is 28.8 Å². The van der Waals surface area contributed by atoms with E-state index in [4.69, 9.17) is 5.73 Å². The van der Waals surface area contributed by atoms with Gasteiger partial charge in [-0.1, -0.05) is 0 Å². The van der Waals surface area contributed by atoms with Gasteiger partial charge in [-0.2, -0.15) is 39.5 Å². The fraction of sp³-hybridized carbons (Fsp3) is 0.300. The van der Waals surface area contributed by atoms with E-state index in [9.17, 15) is 39.5 Å². The smallest absolute Gasteiger partial charge is 0.376 e. The molecule has 0 heterocycles. The van der Waals surface area contributed by atoms with Crippen molar-refractivity contribution in [2.45, 2.75) is 18.5 Å². The number of nitrogens with two attached hydrogens (primary N) is 1. The lowest BCUT2D eigenvalue weighted by molar-refractivity contribution is -0.147. The van der Waals surface area contributed by atoms with Crippen LogP contribution in [0.25, 0.3) is 0 Å². The maximum absolute atomic E-state index is 12.8. The summed E-state index contributed by atoms with van der Waals surface area (Å²) in [6, 6.07) is -0.897. The number of alkyl halides is 9. The van der Waals surface area contributed by atoms with Gasteiger partial charge in [0.05, 0.1) is 22.4 Å². The molecule has 0 fully saturated rings. The lowest BCUT2D eigenvalue weighted by Gasteiger charge is -2.21. The van der Waals surface area contributed by atoms with Gasteiger partial charge in [-0.15, -0.1) is 0 Å². The van der Waals surface area contributed by atoms with Crippen molar-refractivity contribution in [1.82, 2.24) is 0 Å². The Bertz CT molecular complexity index is 551. The van der Waals surface area contributed by atoms with Gasteiger partial charge >= 0.3 is 18.5 Å². The number of nitrogens with one attached hydrogen (secondary N) is 1. The van der Waals surface area contributed by atoms with Crippen LogP contribution in [-0.2, 0) is 18.5 Å². The Balaban J connectivity index is 3.81. The van der Waals surface area contributed by atoms with Gasteiger partial charge in [0.1, 0.15) is 0 Å². The minimum Gasteiger partial charge on any atom is -0.376 e. The molecule has 2 nitrogen and oxygen atoms in total. The van der Waals surface area contributed by atoms with Crippen LogP contribution in [0, 0.1) is 0 Å². The Morgan fingerprint density at radius 2 is 1.18 bits per heavy atom. The van der Waals surface area contributed by atoms with Crippen molar-refractivity contribution >= 4 is 23.0 Å². The van der Waals surface area contributed by atoms with Crippen LogP contribution < -0.4 is 11.1 Å². The average Bonchev–Trinajstić information content (AvgIpc) is 2.23. The van der Waals surface area contributed by atoms with E-state index in [1.54, 1.807) is 0 Å². The van der Waals surface area contributed by atoms with Crippen molar-refractivity contribution in [3.8, 4) is 0 Å². The molecule has 124 valence electrons. The molecule has 0 saturated heterocycles. The number of rotatable bonds is 1. The second kappa shape index (κ2) is 5.48. The van der Waals surface area contributed by atoms with Crippen LogP contribution in [-0.4, -0.2) is 5.11 Å². The number of hydrogen-bond donors (Lipinski definition) is 2. The van der Waals surface area contributed by atoms with Crippen molar-refractivity contribution in [3.63, 3.8) is 0 Å². The number of thiocarbonyl (C=S) groups is 1. The van der Waals surface area contributed by atoms with Gasteiger partial charge in [-0.3, -0.25) is 0 Å². The van der Waals surface area contributed by atoms with Gasteiger partial charge in [0.15, 0.2) is 5.11 Å². The normalized spacial score (nSPS) is 13.1. The van der Waals surface area contributed by atoms with Crippen LogP contribution >= 0.6 is 12.2 Å². The topological polar surface area (TPSA) is 38.0 Å². The van der Waals surface area contributed by atoms with Gasteiger partial charge in [0.2, 0.25) is 0 Å². The van der Waals surface area contributed by atoms with E-state index < -0.39 is 58.2 Å². The first-order chi connectivity index (χ1) is 9.64. The summed E-state index contributed by atoms with van der Waals surface area (Å²) in [5, 5.41) is 0.473. The molecule has 1 aromatic carbocycles. The summed E-state index contributed by atoms with van der Waals surface area (Å²) in [7, 11) is 0. The predicted octanol–water partition coefficient (Wildman–Crippen LogP) is 4.40. The first-order valence-electron chi connectivity index (χ1n) is 5.10. The molecular weight excluding hydrogens is 351 g/mol. The Hall–Kier alpha value is -1.72. The number of halogens is 9. The largest absolute Gasteiger partial charge is 0.418 e. The van der Waals surface area contributed by atoms with Gasteiger partial charge in [0, 0.05) is 0 Å². The Morgan fingerprint density at radius 1 is 0.818 bits per heavy atom. The van der Waals surface area contributed by atoms with Gasteiger partial charge in [-0.25, -0.2) is 0 Å². The second-order valence-corrected chi connectivity index (χ2v) is 4.37. The van der Waals surface area contributed by atoms with Crippen LogP contribution in [0.1, 0.15) is 16.7 Å². The molecule has 0 aliphatic rings. The van der Waals surface area contributed by atoms with Crippen LogP contribution in [0.5, 0.6) is 0 Å². The molecule has 0 aliphatic heterocycles. The summed E-state index contributed by atoms with van der Waals surface area (Å²) in [6.07, 6.45) is -16.4. The zero-order valence-electron chi connectivity index (χ0n) is 10.0. The second-order valence-electron chi connectivity index (χ2n) is 3.93. The van der Waals surface area contributed by atoms with E-state index in [2.05, 4.69) is 12.2 Å². The first-order valence-corrected chi connectivity index (χ1v) is 5.51. The maximum Gasteiger partial charge on any atom is 0.418 e. The molecule has 0 bridgehead atoms. The van der Waals surface area contributed by atoms with Crippen molar-refractivity contribution < 1.29 is 39.5 Å². The van der Waals surface area contributed by atoms with Crippen molar-refractivity contribution in [2.24, 2.45) is 5.73 Å². The SMILES string of the molecule is NC(=S)Nc1c(C(F)(F)F)cc(C(F)(F)F)cc1C(F)(F)F. The Labute approximate surface area is 122 Å². The molecule has 0 radical (unpaired) electrons. The predicted molar refractivity (Wildman–Crippen MR) is 61.9 cm³/mol. The first kappa shape index (κ1) is 18.3. The van der Waals surface area contributed by atoms with E-state index in [1.165, 1.54) is 5.32 Å². The number of anilines is 1. The summed E-state index contributed by atoms with van der Waals surface area (Å²) in [6.45, 7) is 0. The summed E-state index contributed by atoms with van der Waals surface area (Å²) in [5.74, 6) is 0. The highest BCUT2D eigenvalue weighted by Crippen LogP contribution is 2.46. The lowest BCUT2D eigenvalue weighted by atomic mass is 10.0. The lowest BCUT2D eigenvalue weighted by Crippen LogP contribution is -2.26. The molecule has 0 spiro atoms. The number of hydrogen-bond acceptors (Lipinski definition) is 1. The van der Waals surface area contributed by atoms with E-state index in [0.29, 0.717) is 0 Å². The molecule has 0 aliphatic carbocycles. The molecule has 0 saturated carbocycles. The quantitative estimate of drug-likeness (QED) is 0.579. The highest BCUT2D eigenvalue weighted by molar-refractivity contribution is 7.80. The average molecular weight is 356 g/mol. The van der Waals surface area contributed by atoms with Crippen LogP contribution in [0.3, 0.4) is 0 Å². The standard InChI is InChI=1S/C10H5F9N2S/c11-8(12,13)3-1-4(9(14,15)16)6(21-7(20)22)5(2-3)10(17,18)19/h1-2H,(H3,20,21,22). The minimum absolute atomic E-state index is 0.449. The van der Waals surface area contributed by atoms with E-state index >= 15 is 0 Å². The molecule has 3 N–H and O–H groups in total. The van der Waals surface area contributed by atoms with Crippen LogP contribution in [0.2, 0.25) is 0 Å². The van der Waals surface area contributed by atoms with Crippen LogP contribution in [0.4, 0.5) is 45.2 Å². The third kappa shape index (κ3) is 4.15. The fourth-order valence-corrected chi connectivity index (χ4v) is 1.61. The molecule has 1 rings (SSSR count). The molecule has 0 aromatic heterocycles. The fourth-order valence-electron chi connectivity index (χ4n) is 1.51. The van der Waals surface area contributed by atoms with E-state index in [0.717, 1.165) is 0 Å². The van der Waals surface area contributed by atoms with Gasteiger partial charge in [0.25, 0.3) is 0 Å². The summed E-state index contributed by atoms with van der Waals surface area (Å²) >= 11 is 4.16. The Kier molecular flexibility index (Phi) is 4.57. The highest BCUT2D eigenvalue weighted by Gasteiger charge is 2.44. The number of benzene rings is 1. The summed E-state index contributed by atoms with van der Waals surface area (Å²) < 4.78 is 114. The van der Waals surface area contributed by atoms with Crippen LogP contribution in [0.15, 0.2) is 12.1 Å². The maximum atomic E-state index is 12.8. The third-order valence-corrected chi connectivity index (χ3v) is 2.43. The van der Waals surface area contributed by atoms with E-state index in [-0.39, 0.29) is 0 Å². The summed E-state index contributed by atoms with van der Waals surface area (Å²) in [5.41, 5.74) is -3.30. The Morgan fingerprint density at radius 3 is 1.41 bits per heavy atom. The van der Waals surface area contributed by atoms with Crippen molar-refractivity contribution in [2.75, 3.05) is 5.32 Å². The third-order valence-electron chi connectivity index (χ3n) is 2.32. The minimum atomic E-state index is -5.49. The highest BCUT2D eigenvalue weighted by atomic mass is 32.1. The van der Waals surface area contributed by atoms with Gasteiger partial charge in [-0.05, 0) is 24.4 Å². The van der Waals surface area contributed by atoms with Crippen molar-refractivity contribution in [1.29, 1.82) is 0 Å². The monoisotopic (exact) mass is 356 g/mol. The molecule has 0 amide bonds. The zero-order chi connectivity index (χ0) is 17.5. The molecule has 0 unspecified atom stereocenters. The molecular formula is C10H5F9N2S. The van der Waals surface area contributed by atoms with Gasteiger partial charge < -0.3 is 11.1 Å². The van der Waals surface area contributed by atoms with E-state index in [1.807, 2.05) is 0 Å². The molecule has 1 aromatic rings. The zero-order valence-corrected chi connectivity index (χ0v) is 10.9. The molecule has 22 heavy (non-hydrogen) atoms.